The molecule has 1 aliphatic rings. The van der Waals surface area contributed by atoms with Crippen LogP contribution in [0.5, 0.6) is 0 Å². The fourth-order valence-electron chi connectivity index (χ4n) is 3.75. The van der Waals surface area contributed by atoms with Crippen molar-refractivity contribution in [2.45, 2.75) is 11.1 Å². The number of alkyl halides is 3. The number of fused-ring (bicyclic) bond motifs is 4. The van der Waals surface area contributed by atoms with Gasteiger partial charge in [0.15, 0.2) is 5.82 Å². The van der Waals surface area contributed by atoms with Gasteiger partial charge >= 0.3 is 6.18 Å². The average molecular weight is 471 g/mol. The normalized spacial score (nSPS) is 13.1. The van der Waals surface area contributed by atoms with Crippen LogP contribution in [0.25, 0.3) is 16.6 Å². The topological polar surface area (TPSA) is 98.1 Å². The highest BCUT2D eigenvalue weighted by Crippen LogP contribution is 2.35. The number of benzene rings is 3. The second-order valence-corrected chi connectivity index (χ2v) is 8.90. The molecule has 33 heavy (non-hydrogen) atoms. The van der Waals surface area contributed by atoms with E-state index in [0.29, 0.717) is 17.0 Å². The number of carbonyl (C=O) groups is 1. The Balaban J connectivity index is 1.58. The van der Waals surface area contributed by atoms with Crippen LogP contribution in [0.4, 0.5) is 18.9 Å². The number of halogens is 3. The van der Waals surface area contributed by atoms with Gasteiger partial charge in [0, 0.05) is 5.69 Å². The lowest BCUT2D eigenvalue weighted by Crippen LogP contribution is -2.21. The maximum Gasteiger partial charge on any atom is 0.417 e. The predicted octanol–water partition coefficient (Wildman–Crippen LogP) is 3.75. The van der Waals surface area contributed by atoms with E-state index in [4.69, 9.17) is 0 Å². The van der Waals surface area contributed by atoms with Crippen LogP contribution in [0, 0.1) is 0 Å². The molecule has 1 N–H and O–H groups in total. The molecule has 0 saturated carbocycles. The first-order chi connectivity index (χ1) is 15.6. The van der Waals surface area contributed by atoms with Gasteiger partial charge in [-0.15, -0.1) is 0 Å². The molecule has 5 rings (SSSR count). The lowest BCUT2D eigenvalue weighted by Gasteiger charge is -2.14. The minimum atomic E-state index is -4.88. The number of nitrogens with one attached hydrogen (secondary N) is 1. The maximum absolute atomic E-state index is 13.3. The molecule has 0 fully saturated rings. The van der Waals surface area contributed by atoms with Gasteiger partial charge in [0.1, 0.15) is 0 Å². The quantitative estimate of drug-likeness (QED) is 0.432. The Morgan fingerprint density at radius 2 is 1.61 bits per heavy atom. The summed E-state index contributed by atoms with van der Waals surface area (Å²) >= 11 is 0. The lowest BCUT2D eigenvalue weighted by atomic mass is 10.1. The van der Waals surface area contributed by atoms with Crippen molar-refractivity contribution in [3.05, 3.63) is 94.0 Å². The standard InChI is InChI=1S/C22H12F3N3O4S/c23-22(24,25)15-6-2-4-8-18(15)33(31,32)27-12-9-10-17-14(11-12)19(29)20-26-16-7-3-1-5-13(16)21(30)28(17)20/h1-11,27H. The van der Waals surface area contributed by atoms with Gasteiger partial charge in [-0.05, 0) is 42.5 Å². The number of rotatable bonds is 3. The Morgan fingerprint density at radius 1 is 0.909 bits per heavy atom. The number of hydrogen-bond donors (Lipinski definition) is 1. The average Bonchev–Trinajstić information content (AvgIpc) is 3.05. The number of carbonyl (C=O) groups excluding carboxylic acids is 1. The van der Waals surface area contributed by atoms with Crippen LogP contribution in [0.15, 0.2) is 76.4 Å². The molecule has 1 aliphatic heterocycles. The van der Waals surface area contributed by atoms with E-state index in [9.17, 15) is 31.2 Å². The fraction of sp³-hybridized carbons (Fsp3) is 0.0455. The number of nitrogens with zero attached hydrogens (tertiary/aromatic N) is 2. The zero-order valence-electron chi connectivity index (χ0n) is 16.4. The molecular formula is C22H12F3N3O4S. The monoisotopic (exact) mass is 471 g/mol. The molecule has 0 atom stereocenters. The molecule has 11 heteroatoms. The molecule has 0 unspecified atom stereocenters. The van der Waals surface area contributed by atoms with Crippen molar-refractivity contribution in [3.63, 3.8) is 0 Å². The van der Waals surface area contributed by atoms with Crippen LogP contribution in [-0.4, -0.2) is 23.8 Å². The number of sulfonamides is 1. The lowest BCUT2D eigenvalue weighted by molar-refractivity contribution is -0.139. The van der Waals surface area contributed by atoms with E-state index >= 15 is 0 Å². The molecule has 166 valence electrons. The Labute approximate surface area is 184 Å². The third-order valence-corrected chi connectivity index (χ3v) is 6.63. The number of anilines is 1. The zero-order chi connectivity index (χ0) is 23.5. The SMILES string of the molecule is O=C1c2cc(NS(=O)(=O)c3ccccc3C(F)(F)F)ccc2-n2c1nc1ccccc1c2=O. The molecule has 0 spiro atoms. The van der Waals surface area contributed by atoms with Gasteiger partial charge in [-0.2, -0.15) is 13.2 Å². The van der Waals surface area contributed by atoms with E-state index in [-0.39, 0.29) is 22.8 Å². The summed E-state index contributed by atoms with van der Waals surface area (Å²) < 4.78 is 68.5. The summed E-state index contributed by atoms with van der Waals surface area (Å²) in [5, 5.41) is 0.301. The van der Waals surface area contributed by atoms with Gasteiger partial charge in [0.2, 0.25) is 5.78 Å². The number of para-hydroxylation sites is 1. The first kappa shape index (κ1) is 20.9. The van der Waals surface area contributed by atoms with E-state index in [1.165, 1.54) is 24.3 Å². The first-order valence-electron chi connectivity index (χ1n) is 9.48. The van der Waals surface area contributed by atoms with Gasteiger partial charge < -0.3 is 0 Å². The molecule has 1 aromatic heterocycles. The summed E-state index contributed by atoms with van der Waals surface area (Å²) in [4.78, 5) is 29.1. The van der Waals surface area contributed by atoms with Crippen molar-refractivity contribution >= 4 is 32.4 Å². The van der Waals surface area contributed by atoms with E-state index in [2.05, 4.69) is 9.71 Å². The second kappa shape index (κ2) is 7.01. The van der Waals surface area contributed by atoms with E-state index in [0.717, 1.165) is 16.7 Å². The summed E-state index contributed by atoms with van der Waals surface area (Å²) in [5.74, 6) is -0.735. The molecule has 0 bridgehead atoms. The Kier molecular flexibility index (Phi) is 4.43. The molecule has 0 saturated heterocycles. The third kappa shape index (κ3) is 3.28. The van der Waals surface area contributed by atoms with Crippen LogP contribution in [0.1, 0.15) is 21.7 Å². The van der Waals surface area contributed by atoms with Crippen LogP contribution in [0.3, 0.4) is 0 Å². The van der Waals surface area contributed by atoms with Crippen molar-refractivity contribution in [1.82, 2.24) is 9.55 Å². The first-order valence-corrected chi connectivity index (χ1v) is 11.0. The van der Waals surface area contributed by atoms with E-state index < -0.39 is 38.0 Å². The maximum atomic E-state index is 13.3. The summed E-state index contributed by atoms with van der Waals surface area (Å²) in [7, 11) is -4.63. The summed E-state index contributed by atoms with van der Waals surface area (Å²) in [6.45, 7) is 0. The molecule has 0 radical (unpaired) electrons. The second-order valence-electron chi connectivity index (χ2n) is 7.25. The number of hydrogen-bond acceptors (Lipinski definition) is 5. The van der Waals surface area contributed by atoms with Gasteiger partial charge in [-0.1, -0.05) is 24.3 Å². The smallest absolute Gasteiger partial charge is 0.285 e. The Bertz CT molecular complexity index is 1640. The summed E-state index contributed by atoms with van der Waals surface area (Å²) in [5.41, 5.74) is -1.38. The van der Waals surface area contributed by atoms with Crippen molar-refractivity contribution in [2.24, 2.45) is 0 Å². The Hall–Kier alpha value is -3.99. The molecule has 2 heterocycles. The largest absolute Gasteiger partial charge is 0.417 e. The highest BCUT2D eigenvalue weighted by atomic mass is 32.2. The fourth-order valence-corrected chi connectivity index (χ4v) is 5.03. The molecular weight excluding hydrogens is 459 g/mol. The molecule has 7 nitrogen and oxygen atoms in total. The van der Waals surface area contributed by atoms with Crippen molar-refractivity contribution in [1.29, 1.82) is 0 Å². The van der Waals surface area contributed by atoms with Crippen LogP contribution in [-0.2, 0) is 16.2 Å². The number of aromatic nitrogens is 2. The van der Waals surface area contributed by atoms with Crippen LogP contribution in [0.2, 0.25) is 0 Å². The third-order valence-electron chi connectivity index (χ3n) is 5.20. The van der Waals surface area contributed by atoms with Crippen LogP contribution >= 0.6 is 0 Å². The van der Waals surface area contributed by atoms with Gasteiger partial charge in [-0.25, -0.2) is 13.4 Å². The Morgan fingerprint density at radius 3 is 2.36 bits per heavy atom. The van der Waals surface area contributed by atoms with Gasteiger partial charge in [0.25, 0.3) is 15.6 Å². The van der Waals surface area contributed by atoms with Gasteiger partial charge in [0.05, 0.1) is 32.6 Å². The molecule has 0 aliphatic carbocycles. The van der Waals surface area contributed by atoms with Crippen molar-refractivity contribution < 1.29 is 26.4 Å². The van der Waals surface area contributed by atoms with Gasteiger partial charge in [-0.3, -0.25) is 18.9 Å². The van der Waals surface area contributed by atoms with Crippen LogP contribution < -0.4 is 10.3 Å². The predicted molar refractivity (Wildman–Crippen MR) is 113 cm³/mol. The molecule has 3 aromatic carbocycles. The minimum Gasteiger partial charge on any atom is -0.285 e. The molecule has 0 amide bonds. The highest BCUT2D eigenvalue weighted by Gasteiger charge is 2.37. The highest BCUT2D eigenvalue weighted by molar-refractivity contribution is 7.92. The van der Waals surface area contributed by atoms with E-state index in [1.54, 1.807) is 24.3 Å². The van der Waals surface area contributed by atoms with Crippen molar-refractivity contribution in [2.75, 3.05) is 4.72 Å². The molecule has 4 aromatic rings. The minimum absolute atomic E-state index is 0.000729. The summed E-state index contributed by atoms with van der Waals surface area (Å²) in [6, 6.07) is 14.0. The zero-order valence-corrected chi connectivity index (χ0v) is 17.2. The van der Waals surface area contributed by atoms with Crippen molar-refractivity contribution in [3.8, 4) is 5.69 Å². The van der Waals surface area contributed by atoms with E-state index in [1.807, 2.05) is 0 Å². The number of ketones is 1. The summed E-state index contributed by atoms with van der Waals surface area (Å²) in [6.07, 6.45) is -4.88.